The van der Waals surface area contributed by atoms with Crippen molar-refractivity contribution in [1.29, 1.82) is 0 Å². The fraction of sp³-hybridized carbons (Fsp3) is 0.429. The lowest BCUT2D eigenvalue weighted by Crippen LogP contribution is -2.36. The first-order chi connectivity index (χ1) is 9.88. The number of benzene rings is 1. The molecule has 1 saturated heterocycles. The Bertz CT molecular complexity index is 568. The van der Waals surface area contributed by atoms with Crippen LogP contribution in [-0.2, 0) is 4.79 Å². The van der Waals surface area contributed by atoms with Crippen molar-refractivity contribution < 1.29 is 9.59 Å². The number of hydrogen-bond acceptors (Lipinski definition) is 4. The predicted molar refractivity (Wildman–Crippen MR) is 83.1 cm³/mol. The average Bonchev–Trinajstić information content (AvgIpc) is 2.38. The van der Waals surface area contributed by atoms with Crippen LogP contribution in [0.1, 0.15) is 29.6 Å². The van der Waals surface area contributed by atoms with Gasteiger partial charge in [-0.2, -0.15) is 0 Å². The molecule has 7 heteroatoms. The van der Waals surface area contributed by atoms with Gasteiger partial charge in [0.15, 0.2) is 0 Å². The number of nitrogens with zero attached hydrogens (tertiary/aromatic N) is 1. The molecule has 114 valence electrons. The fourth-order valence-electron chi connectivity index (χ4n) is 2.77. The Labute approximate surface area is 128 Å². The van der Waals surface area contributed by atoms with Gasteiger partial charge in [-0.25, -0.2) is 0 Å². The first kappa shape index (κ1) is 15.4. The summed E-state index contributed by atoms with van der Waals surface area (Å²) in [6.45, 7) is 1.39. The summed E-state index contributed by atoms with van der Waals surface area (Å²) in [5, 5.41) is 0.414. The fourth-order valence-corrected chi connectivity index (χ4v) is 3.12. The van der Waals surface area contributed by atoms with Crippen molar-refractivity contribution in [3.63, 3.8) is 0 Å². The first-order valence-electron chi connectivity index (χ1n) is 6.80. The molecule has 2 rings (SSSR count). The van der Waals surface area contributed by atoms with E-state index in [1.54, 1.807) is 12.1 Å². The van der Waals surface area contributed by atoms with E-state index >= 15 is 0 Å². The minimum absolute atomic E-state index is 0.281. The second-order valence-electron chi connectivity index (χ2n) is 5.36. The largest absolute Gasteiger partial charge is 0.399 e. The van der Waals surface area contributed by atoms with E-state index in [0.717, 1.165) is 12.8 Å². The van der Waals surface area contributed by atoms with E-state index < -0.39 is 5.91 Å². The summed E-state index contributed by atoms with van der Waals surface area (Å²) in [5.74, 6) is -0.557. The molecule has 0 unspecified atom stereocenters. The van der Waals surface area contributed by atoms with E-state index in [1.165, 1.54) is 0 Å². The van der Waals surface area contributed by atoms with Crippen LogP contribution in [0.25, 0.3) is 0 Å². The van der Waals surface area contributed by atoms with E-state index in [2.05, 4.69) is 0 Å². The number of anilines is 2. The molecule has 2 amide bonds. The van der Waals surface area contributed by atoms with Crippen LogP contribution in [0.5, 0.6) is 0 Å². The summed E-state index contributed by atoms with van der Waals surface area (Å²) in [6.07, 6.45) is 2.04. The summed E-state index contributed by atoms with van der Waals surface area (Å²) in [4.78, 5) is 24.6. The molecule has 21 heavy (non-hydrogen) atoms. The molecule has 0 spiro atoms. The highest BCUT2D eigenvalue weighted by molar-refractivity contribution is 6.34. The number of carbonyl (C=O) groups excluding carboxylic acids is 2. The van der Waals surface area contributed by atoms with Gasteiger partial charge in [0, 0.05) is 25.2 Å². The van der Waals surface area contributed by atoms with Crippen molar-refractivity contribution >= 4 is 34.8 Å². The molecule has 1 aromatic carbocycles. The van der Waals surface area contributed by atoms with E-state index in [9.17, 15) is 9.59 Å². The molecule has 6 nitrogen and oxygen atoms in total. The number of rotatable bonds is 4. The van der Waals surface area contributed by atoms with Crippen molar-refractivity contribution in [1.82, 2.24) is 0 Å². The average molecular weight is 311 g/mol. The van der Waals surface area contributed by atoms with Crippen LogP contribution >= 0.6 is 11.6 Å². The molecule has 0 aromatic heterocycles. The summed E-state index contributed by atoms with van der Waals surface area (Å²) in [6, 6.07) is 3.15. The highest BCUT2D eigenvalue weighted by atomic mass is 35.5. The molecule has 0 atom stereocenters. The number of piperidine rings is 1. The van der Waals surface area contributed by atoms with Gasteiger partial charge in [0.2, 0.25) is 5.91 Å². The standard InChI is InChI=1S/C14H19ClN4O2/c15-11-7-9(16)6-10(14(18)21)13(11)19-3-1-8(2-4-19)5-12(17)20/h6-8H,1-5,16H2,(H2,17,20)(H2,18,21). The van der Waals surface area contributed by atoms with E-state index in [0.29, 0.717) is 41.5 Å². The van der Waals surface area contributed by atoms with Gasteiger partial charge in [-0.3, -0.25) is 9.59 Å². The maximum absolute atomic E-state index is 11.6. The number of primary amides is 2. The normalized spacial score (nSPS) is 16.0. The number of carbonyl (C=O) groups is 2. The maximum atomic E-state index is 11.6. The number of nitrogens with two attached hydrogens (primary N) is 3. The summed E-state index contributed by atoms with van der Waals surface area (Å²) < 4.78 is 0. The van der Waals surface area contributed by atoms with Gasteiger partial charge < -0.3 is 22.1 Å². The van der Waals surface area contributed by atoms with Gasteiger partial charge >= 0.3 is 0 Å². The SMILES string of the molecule is NC(=O)CC1CCN(c2c(Cl)cc(N)cc2C(N)=O)CC1. The molecule has 1 aromatic rings. The van der Waals surface area contributed by atoms with E-state index in [4.69, 9.17) is 28.8 Å². The second kappa shape index (κ2) is 6.22. The summed E-state index contributed by atoms with van der Waals surface area (Å²) in [7, 11) is 0. The quantitative estimate of drug-likeness (QED) is 0.722. The van der Waals surface area contributed by atoms with Crippen molar-refractivity contribution in [3.05, 3.63) is 22.7 Å². The Hall–Kier alpha value is -1.95. The van der Waals surface area contributed by atoms with E-state index in [-0.39, 0.29) is 11.8 Å². The summed E-state index contributed by atoms with van der Waals surface area (Å²) >= 11 is 6.23. The molecular formula is C14H19ClN4O2. The van der Waals surface area contributed by atoms with Crippen LogP contribution in [-0.4, -0.2) is 24.9 Å². The Morgan fingerprint density at radius 1 is 1.24 bits per heavy atom. The molecule has 0 saturated carbocycles. The minimum Gasteiger partial charge on any atom is -0.399 e. The molecular weight excluding hydrogens is 292 g/mol. The van der Waals surface area contributed by atoms with Crippen molar-refractivity contribution in [2.24, 2.45) is 17.4 Å². The highest BCUT2D eigenvalue weighted by Gasteiger charge is 2.25. The molecule has 1 fully saturated rings. The Morgan fingerprint density at radius 3 is 2.38 bits per heavy atom. The lowest BCUT2D eigenvalue weighted by atomic mass is 9.92. The third kappa shape index (κ3) is 3.58. The van der Waals surface area contributed by atoms with Crippen LogP contribution in [0.3, 0.4) is 0 Å². The monoisotopic (exact) mass is 310 g/mol. The number of amides is 2. The minimum atomic E-state index is -0.557. The highest BCUT2D eigenvalue weighted by Crippen LogP contribution is 2.35. The van der Waals surface area contributed by atoms with Gasteiger partial charge in [-0.1, -0.05) is 11.6 Å². The molecule has 0 bridgehead atoms. The third-order valence-electron chi connectivity index (χ3n) is 3.77. The van der Waals surface area contributed by atoms with Gasteiger partial charge in [-0.05, 0) is 30.9 Å². The Kier molecular flexibility index (Phi) is 4.57. The zero-order valence-electron chi connectivity index (χ0n) is 11.6. The van der Waals surface area contributed by atoms with Crippen molar-refractivity contribution in [2.45, 2.75) is 19.3 Å². The molecule has 0 radical (unpaired) electrons. The first-order valence-corrected chi connectivity index (χ1v) is 7.18. The van der Waals surface area contributed by atoms with Gasteiger partial charge in [0.05, 0.1) is 16.3 Å². The van der Waals surface area contributed by atoms with Crippen LogP contribution in [0.15, 0.2) is 12.1 Å². The third-order valence-corrected chi connectivity index (χ3v) is 4.06. The molecule has 0 aliphatic carbocycles. The number of hydrogen-bond donors (Lipinski definition) is 3. The van der Waals surface area contributed by atoms with Crippen LogP contribution in [0, 0.1) is 5.92 Å². The van der Waals surface area contributed by atoms with E-state index in [1.807, 2.05) is 4.90 Å². The van der Waals surface area contributed by atoms with Crippen LogP contribution in [0.2, 0.25) is 5.02 Å². The Balaban J connectivity index is 2.20. The van der Waals surface area contributed by atoms with Crippen LogP contribution < -0.4 is 22.1 Å². The smallest absolute Gasteiger partial charge is 0.250 e. The maximum Gasteiger partial charge on any atom is 0.250 e. The van der Waals surface area contributed by atoms with Crippen molar-refractivity contribution in [2.75, 3.05) is 23.7 Å². The molecule has 6 N–H and O–H groups in total. The van der Waals surface area contributed by atoms with Gasteiger partial charge in [0.25, 0.3) is 5.91 Å². The molecule has 1 aliphatic rings. The zero-order valence-corrected chi connectivity index (χ0v) is 12.4. The van der Waals surface area contributed by atoms with Gasteiger partial charge in [-0.15, -0.1) is 0 Å². The zero-order chi connectivity index (χ0) is 15.6. The lowest BCUT2D eigenvalue weighted by Gasteiger charge is -2.34. The summed E-state index contributed by atoms with van der Waals surface area (Å²) in [5.41, 5.74) is 17.7. The topological polar surface area (TPSA) is 115 Å². The lowest BCUT2D eigenvalue weighted by molar-refractivity contribution is -0.119. The molecule has 1 heterocycles. The van der Waals surface area contributed by atoms with Crippen molar-refractivity contribution in [3.8, 4) is 0 Å². The second-order valence-corrected chi connectivity index (χ2v) is 5.77. The van der Waals surface area contributed by atoms with Gasteiger partial charge in [0.1, 0.15) is 0 Å². The number of halogens is 1. The molecule has 1 aliphatic heterocycles. The predicted octanol–water partition coefficient (Wildman–Crippen LogP) is 1.11. The Morgan fingerprint density at radius 2 is 1.86 bits per heavy atom. The van der Waals surface area contributed by atoms with Crippen LogP contribution in [0.4, 0.5) is 11.4 Å². The number of nitrogen functional groups attached to an aromatic ring is 1.